The second-order valence-corrected chi connectivity index (χ2v) is 2.15. The molecule has 10 heavy (non-hydrogen) atoms. The fraction of sp³-hybridized carbons (Fsp3) is 1.00. The minimum absolute atomic E-state index is 0.666. The first kappa shape index (κ1) is 9.71. The van der Waals surface area contributed by atoms with Crippen molar-refractivity contribution < 1.29 is 23.4 Å². The fourth-order valence-corrected chi connectivity index (χ4v) is 0.422. The van der Waals surface area contributed by atoms with Crippen LogP contribution in [0.15, 0.2) is 0 Å². The Balaban J connectivity index is 3.94. The van der Waals surface area contributed by atoms with Gasteiger partial charge in [-0.2, -0.15) is 13.2 Å². The molecule has 0 aliphatic rings. The molecule has 0 aliphatic heterocycles. The zero-order valence-corrected chi connectivity index (χ0v) is 5.39. The smallest absolute Gasteiger partial charge is 0.396 e. The van der Waals surface area contributed by atoms with Crippen LogP contribution in [0.3, 0.4) is 0 Å². The van der Waals surface area contributed by atoms with Gasteiger partial charge in [-0.15, -0.1) is 0 Å². The van der Waals surface area contributed by atoms with Gasteiger partial charge < -0.3 is 10.2 Å². The quantitative estimate of drug-likeness (QED) is 0.615. The Hall–Kier alpha value is -0.290. The largest absolute Gasteiger partial charge is 0.414 e. The van der Waals surface area contributed by atoms with Crippen LogP contribution in [-0.4, -0.2) is 29.1 Å². The molecule has 0 saturated carbocycles. The topological polar surface area (TPSA) is 40.5 Å². The molecule has 2 nitrogen and oxygen atoms in total. The second kappa shape index (κ2) is 3.21. The molecule has 0 unspecified atom stereocenters. The summed E-state index contributed by atoms with van der Waals surface area (Å²) in [6, 6.07) is 0. The zero-order valence-electron chi connectivity index (χ0n) is 5.39. The van der Waals surface area contributed by atoms with Crippen LogP contribution in [0.5, 0.6) is 0 Å². The van der Waals surface area contributed by atoms with Crippen molar-refractivity contribution in [1.29, 1.82) is 0 Å². The van der Waals surface area contributed by atoms with Crippen molar-refractivity contribution in [2.45, 2.75) is 19.2 Å². The fourth-order valence-electron chi connectivity index (χ4n) is 0.422. The summed E-state index contributed by atoms with van der Waals surface area (Å²) < 4.78 is 34.6. The number of hydrogen-bond acceptors (Lipinski definition) is 2. The SMILES string of the molecule is C[C@H](CO)[C@H](O)C(F)(F)F. The third-order valence-electron chi connectivity index (χ3n) is 1.16. The van der Waals surface area contributed by atoms with E-state index in [0.717, 1.165) is 6.92 Å². The highest BCUT2D eigenvalue weighted by Crippen LogP contribution is 2.24. The van der Waals surface area contributed by atoms with Gasteiger partial charge in [-0.1, -0.05) is 6.92 Å². The molecule has 0 bridgehead atoms. The van der Waals surface area contributed by atoms with Crippen molar-refractivity contribution in [3.63, 3.8) is 0 Å². The maximum atomic E-state index is 11.5. The maximum Gasteiger partial charge on any atom is 0.414 e. The van der Waals surface area contributed by atoms with Crippen molar-refractivity contribution in [2.75, 3.05) is 6.61 Å². The van der Waals surface area contributed by atoms with E-state index in [4.69, 9.17) is 10.2 Å². The number of alkyl halides is 3. The van der Waals surface area contributed by atoms with Gasteiger partial charge in [0.15, 0.2) is 6.10 Å². The van der Waals surface area contributed by atoms with Gasteiger partial charge in [-0.25, -0.2) is 0 Å². The Kier molecular flexibility index (Phi) is 3.11. The lowest BCUT2D eigenvalue weighted by Crippen LogP contribution is -2.36. The van der Waals surface area contributed by atoms with E-state index < -0.39 is 24.8 Å². The molecule has 0 fully saturated rings. The lowest BCUT2D eigenvalue weighted by molar-refractivity contribution is -0.220. The van der Waals surface area contributed by atoms with Crippen LogP contribution in [0, 0.1) is 5.92 Å². The van der Waals surface area contributed by atoms with Gasteiger partial charge in [0.25, 0.3) is 0 Å². The molecule has 0 aromatic carbocycles. The monoisotopic (exact) mass is 158 g/mol. The molecule has 0 amide bonds. The molecular weight excluding hydrogens is 149 g/mol. The molecule has 0 aromatic heterocycles. The lowest BCUT2D eigenvalue weighted by atomic mass is 10.1. The van der Waals surface area contributed by atoms with E-state index in [1.165, 1.54) is 0 Å². The van der Waals surface area contributed by atoms with Crippen LogP contribution in [0.1, 0.15) is 6.92 Å². The van der Waals surface area contributed by atoms with Gasteiger partial charge in [-0.3, -0.25) is 0 Å². The highest BCUT2D eigenvalue weighted by atomic mass is 19.4. The number of rotatable bonds is 2. The first-order chi connectivity index (χ1) is 4.39. The van der Waals surface area contributed by atoms with Crippen molar-refractivity contribution in [3.8, 4) is 0 Å². The summed E-state index contributed by atoms with van der Waals surface area (Å²) in [5.74, 6) is -1.15. The summed E-state index contributed by atoms with van der Waals surface area (Å²) in [4.78, 5) is 0. The van der Waals surface area contributed by atoms with Crippen LogP contribution in [0.25, 0.3) is 0 Å². The normalized spacial score (nSPS) is 18.6. The molecule has 0 spiro atoms. The van der Waals surface area contributed by atoms with Crippen LogP contribution >= 0.6 is 0 Å². The molecule has 0 aliphatic carbocycles. The Morgan fingerprint density at radius 3 is 1.90 bits per heavy atom. The van der Waals surface area contributed by atoms with Crippen LogP contribution in [0.4, 0.5) is 13.2 Å². The first-order valence-electron chi connectivity index (χ1n) is 2.75. The average Bonchev–Trinajstić information content (AvgIpc) is 1.83. The Morgan fingerprint density at radius 1 is 1.40 bits per heavy atom. The van der Waals surface area contributed by atoms with Gasteiger partial charge in [-0.05, 0) is 0 Å². The molecule has 62 valence electrons. The van der Waals surface area contributed by atoms with Gasteiger partial charge in [0.05, 0.1) is 0 Å². The van der Waals surface area contributed by atoms with Crippen LogP contribution < -0.4 is 0 Å². The molecule has 2 N–H and O–H groups in total. The van der Waals surface area contributed by atoms with Crippen LogP contribution in [0.2, 0.25) is 0 Å². The second-order valence-electron chi connectivity index (χ2n) is 2.15. The average molecular weight is 158 g/mol. The van der Waals surface area contributed by atoms with Crippen LogP contribution in [-0.2, 0) is 0 Å². The standard InChI is InChI=1S/C5H9F3O2/c1-3(2-9)4(10)5(6,7)8/h3-4,9-10H,2H2,1H3/t3-,4+/m1/s1. The first-order valence-corrected chi connectivity index (χ1v) is 2.75. The number of halogens is 3. The Bertz CT molecular complexity index is 102. The van der Waals surface area contributed by atoms with Crippen molar-refractivity contribution in [1.82, 2.24) is 0 Å². The van der Waals surface area contributed by atoms with E-state index in [1.807, 2.05) is 0 Å². The summed E-state index contributed by atoms with van der Waals surface area (Å²) in [5.41, 5.74) is 0. The van der Waals surface area contributed by atoms with E-state index in [2.05, 4.69) is 0 Å². The van der Waals surface area contributed by atoms with E-state index in [9.17, 15) is 13.2 Å². The van der Waals surface area contributed by atoms with Crippen molar-refractivity contribution in [2.24, 2.45) is 5.92 Å². The summed E-state index contributed by atoms with van der Waals surface area (Å²) in [6.45, 7) is 0.457. The van der Waals surface area contributed by atoms with E-state index >= 15 is 0 Å². The molecule has 0 rings (SSSR count). The highest BCUT2D eigenvalue weighted by Gasteiger charge is 2.41. The predicted octanol–water partition coefficient (Wildman–Crippen LogP) is 0.538. The molecule has 0 saturated heterocycles. The van der Waals surface area contributed by atoms with E-state index in [0.29, 0.717) is 0 Å². The molecule has 2 atom stereocenters. The van der Waals surface area contributed by atoms with Gasteiger partial charge in [0, 0.05) is 12.5 Å². The Labute approximate surface area is 56.3 Å². The lowest BCUT2D eigenvalue weighted by Gasteiger charge is -2.18. The minimum Gasteiger partial charge on any atom is -0.396 e. The molecule has 0 heterocycles. The highest BCUT2D eigenvalue weighted by molar-refractivity contribution is 4.70. The van der Waals surface area contributed by atoms with Crippen molar-refractivity contribution in [3.05, 3.63) is 0 Å². The molecular formula is C5H9F3O2. The van der Waals surface area contributed by atoms with Gasteiger partial charge >= 0.3 is 6.18 Å². The van der Waals surface area contributed by atoms with E-state index in [1.54, 1.807) is 0 Å². The van der Waals surface area contributed by atoms with Crippen molar-refractivity contribution >= 4 is 0 Å². The number of hydrogen-bond donors (Lipinski definition) is 2. The molecule has 0 radical (unpaired) electrons. The zero-order chi connectivity index (χ0) is 8.36. The van der Waals surface area contributed by atoms with Gasteiger partial charge in [0.2, 0.25) is 0 Å². The predicted molar refractivity (Wildman–Crippen MR) is 28.3 cm³/mol. The maximum absolute atomic E-state index is 11.5. The number of aliphatic hydroxyl groups is 2. The number of aliphatic hydroxyl groups excluding tert-OH is 2. The summed E-state index contributed by atoms with van der Waals surface area (Å²) >= 11 is 0. The van der Waals surface area contributed by atoms with E-state index in [-0.39, 0.29) is 0 Å². The molecule has 0 aromatic rings. The summed E-state index contributed by atoms with van der Waals surface area (Å²) in [5, 5.41) is 16.6. The minimum atomic E-state index is -4.62. The Morgan fingerprint density at radius 2 is 1.80 bits per heavy atom. The molecule has 5 heteroatoms. The third kappa shape index (κ3) is 2.53. The summed E-state index contributed by atoms with van der Waals surface area (Å²) in [7, 11) is 0. The van der Waals surface area contributed by atoms with Gasteiger partial charge in [0.1, 0.15) is 0 Å². The summed E-state index contributed by atoms with van der Waals surface area (Å²) in [6.07, 6.45) is -7.04. The third-order valence-corrected chi connectivity index (χ3v) is 1.16.